The minimum atomic E-state index is -0.0391. The van der Waals surface area contributed by atoms with E-state index in [1.165, 1.54) is 10.4 Å². The van der Waals surface area contributed by atoms with Crippen LogP contribution in [-0.4, -0.2) is 23.1 Å². The van der Waals surface area contributed by atoms with Gasteiger partial charge < -0.3 is 4.90 Å². The lowest BCUT2D eigenvalue weighted by Gasteiger charge is -2.13. The van der Waals surface area contributed by atoms with E-state index in [-0.39, 0.29) is 24.7 Å². The van der Waals surface area contributed by atoms with E-state index in [2.05, 4.69) is 0 Å². The van der Waals surface area contributed by atoms with E-state index in [0.29, 0.717) is 6.54 Å². The molecule has 0 bridgehead atoms. The normalized spacial score (nSPS) is 16.8. The summed E-state index contributed by atoms with van der Waals surface area (Å²) in [5.41, 5.74) is 1.20. The van der Waals surface area contributed by atoms with Crippen LogP contribution in [-0.2, 0) is 16.1 Å². The first kappa shape index (κ1) is 9.40. The van der Waals surface area contributed by atoms with Crippen LogP contribution in [0.3, 0.4) is 0 Å². The van der Waals surface area contributed by atoms with Gasteiger partial charge in [-0.05, 0) is 23.9 Å². The van der Waals surface area contributed by atoms with E-state index in [0.717, 1.165) is 0 Å². The van der Waals surface area contributed by atoms with E-state index in [1.807, 2.05) is 18.4 Å². The number of aryl methyl sites for hydroxylation is 1. The van der Waals surface area contributed by atoms with Gasteiger partial charge in [0.1, 0.15) is 0 Å². The second-order valence-electron chi connectivity index (χ2n) is 3.49. The summed E-state index contributed by atoms with van der Waals surface area (Å²) in [4.78, 5) is 25.2. The van der Waals surface area contributed by atoms with Crippen LogP contribution in [0.5, 0.6) is 0 Å². The molecule has 3 nitrogen and oxygen atoms in total. The molecule has 74 valence electrons. The summed E-state index contributed by atoms with van der Waals surface area (Å²) < 4.78 is 0. The van der Waals surface area contributed by atoms with Gasteiger partial charge in [0, 0.05) is 4.88 Å². The molecule has 4 heteroatoms. The van der Waals surface area contributed by atoms with Crippen molar-refractivity contribution in [2.45, 2.75) is 19.9 Å². The number of thiophene rings is 1. The van der Waals surface area contributed by atoms with Gasteiger partial charge in [-0.15, -0.1) is 11.3 Å². The van der Waals surface area contributed by atoms with Gasteiger partial charge in [-0.1, -0.05) is 0 Å². The fraction of sp³-hybridized carbons (Fsp3) is 0.400. The van der Waals surface area contributed by atoms with Crippen LogP contribution in [0.15, 0.2) is 11.4 Å². The van der Waals surface area contributed by atoms with Crippen molar-refractivity contribution in [3.63, 3.8) is 0 Å². The number of rotatable bonds is 2. The molecular formula is C10H11NO2S. The Labute approximate surface area is 86.3 Å². The van der Waals surface area contributed by atoms with Crippen LogP contribution in [0.2, 0.25) is 0 Å². The van der Waals surface area contributed by atoms with Crippen LogP contribution in [0.1, 0.15) is 16.9 Å². The highest BCUT2D eigenvalue weighted by molar-refractivity contribution is 7.10. The van der Waals surface area contributed by atoms with Gasteiger partial charge in [0.2, 0.25) is 5.91 Å². The molecule has 0 unspecified atom stereocenters. The van der Waals surface area contributed by atoms with Crippen LogP contribution >= 0.6 is 11.3 Å². The maximum Gasteiger partial charge on any atom is 0.230 e. The number of carbonyl (C=O) groups is 2. The summed E-state index contributed by atoms with van der Waals surface area (Å²) in [6.45, 7) is 2.90. The molecule has 0 saturated carbocycles. The lowest BCUT2D eigenvalue weighted by Crippen LogP contribution is -2.24. The van der Waals surface area contributed by atoms with Crippen LogP contribution in [0, 0.1) is 6.92 Å². The van der Waals surface area contributed by atoms with Gasteiger partial charge in [-0.2, -0.15) is 0 Å². The highest BCUT2D eigenvalue weighted by atomic mass is 32.1. The Morgan fingerprint density at radius 3 is 2.79 bits per heavy atom. The Morgan fingerprint density at radius 2 is 2.29 bits per heavy atom. The molecule has 0 N–H and O–H groups in total. The molecule has 14 heavy (non-hydrogen) atoms. The number of nitrogens with zero attached hydrogens (tertiary/aromatic N) is 1. The van der Waals surface area contributed by atoms with E-state index in [4.69, 9.17) is 0 Å². The zero-order valence-corrected chi connectivity index (χ0v) is 8.76. The molecule has 0 atom stereocenters. The van der Waals surface area contributed by atoms with Crippen molar-refractivity contribution in [3.05, 3.63) is 21.9 Å². The van der Waals surface area contributed by atoms with Crippen LogP contribution in [0.4, 0.5) is 0 Å². The third-order valence-corrected chi connectivity index (χ3v) is 3.38. The summed E-state index contributed by atoms with van der Waals surface area (Å²) >= 11 is 1.63. The molecule has 0 aromatic carbocycles. The van der Waals surface area contributed by atoms with Gasteiger partial charge in [-0.3, -0.25) is 9.59 Å². The van der Waals surface area contributed by atoms with E-state index >= 15 is 0 Å². The Kier molecular flexibility index (Phi) is 2.37. The van der Waals surface area contributed by atoms with E-state index < -0.39 is 0 Å². The molecule has 1 saturated heterocycles. The molecule has 1 aliphatic heterocycles. The Hall–Kier alpha value is -1.16. The quantitative estimate of drug-likeness (QED) is 0.690. The highest BCUT2D eigenvalue weighted by Crippen LogP contribution is 2.20. The fourth-order valence-electron chi connectivity index (χ4n) is 1.52. The largest absolute Gasteiger partial charge is 0.330 e. The second-order valence-corrected chi connectivity index (χ2v) is 4.49. The number of hydrogen-bond donors (Lipinski definition) is 0. The molecular weight excluding hydrogens is 198 g/mol. The van der Waals surface area contributed by atoms with E-state index in [9.17, 15) is 9.59 Å². The first-order valence-electron chi connectivity index (χ1n) is 4.49. The minimum Gasteiger partial charge on any atom is -0.330 e. The van der Waals surface area contributed by atoms with E-state index in [1.54, 1.807) is 16.2 Å². The molecule has 1 aromatic rings. The molecule has 1 amide bonds. The maximum atomic E-state index is 11.3. The predicted octanol–water partition coefficient (Wildman–Crippen LogP) is 1.36. The summed E-state index contributed by atoms with van der Waals surface area (Å²) in [5, 5.41) is 2.01. The summed E-state index contributed by atoms with van der Waals surface area (Å²) in [7, 11) is 0. The van der Waals surface area contributed by atoms with Crippen molar-refractivity contribution in [2.24, 2.45) is 0 Å². The smallest absolute Gasteiger partial charge is 0.230 e. The first-order valence-corrected chi connectivity index (χ1v) is 5.37. The second kappa shape index (κ2) is 3.53. The first-order chi connectivity index (χ1) is 6.66. The SMILES string of the molecule is Cc1ccsc1CN1CC(=O)CC1=O. The standard InChI is InChI=1S/C10H11NO2S/c1-7-2-3-14-9(7)6-11-5-8(12)4-10(11)13/h2-3H,4-6H2,1H3. The zero-order chi connectivity index (χ0) is 10.1. The number of Topliss-reactive ketones (excluding diaryl/α,β-unsaturated/α-hetero) is 1. The molecule has 1 aliphatic rings. The summed E-state index contributed by atoms with van der Waals surface area (Å²) in [6, 6.07) is 2.03. The molecule has 2 rings (SSSR count). The Morgan fingerprint density at radius 1 is 1.50 bits per heavy atom. The predicted molar refractivity (Wildman–Crippen MR) is 54.1 cm³/mol. The van der Waals surface area contributed by atoms with Crippen molar-refractivity contribution < 1.29 is 9.59 Å². The number of carbonyl (C=O) groups excluding carboxylic acids is 2. The molecule has 0 aliphatic carbocycles. The number of likely N-dealkylation sites (tertiary alicyclic amines) is 1. The van der Waals surface area contributed by atoms with Gasteiger partial charge in [0.25, 0.3) is 0 Å². The van der Waals surface area contributed by atoms with Crippen LogP contribution in [0.25, 0.3) is 0 Å². The molecule has 2 heterocycles. The van der Waals surface area contributed by atoms with Crippen molar-refractivity contribution in [1.29, 1.82) is 0 Å². The topological polar surface area (TPSA) is 37.4 Å². The number of ketones is 1. The third-order valence-electron chi connectivity index (χ3n) is 2.37. The van der Waals surface area contributed by atoms with Crippen molar-refractivity contribution in [3.8, 4) is 0 Å². The minimum absolute atomic E-state index is 0.0317. The maximum absolute atomic E-state index is 11.3. The lowest BCUT2D eigenvalue weighted by atomic mass is 10.3. The van der Waals surface area contributed by atoms with Crippen LogP contribution < -0.4 is 0 Å². The average molecular weight is 209 g/mol. The van der Waals surface area contributed by atoms with Gasteiger partial charge >= 0.3 is 0 Å². The molecule has 1 fully saturated rings. The zero-order valence-electron chi connectivity index (χ0n) is 7.95. The van der Waals surface area contributed by atoms with Crippen molar-refractivity contribution in [2.75, 3.05) is 6.54 Å². The number of hydrogen-bond acceptors (Lipinski definition) is 3. The van der Waals surface area contributed by atoms with Crippen molar-refractivity contribution >= 4 is 23.0 Å². The Balaban J connectivity index is 2.09. The molecule has 1 aromatic heterocycles. The average Bonchev–Trinajstić information content (AvgIpc) is 2.62. The molecule has 0 radical (unpaired) electrons. The van der Waals surface area contributed by atoms with Gasteiger partial charge in [-0.25, -0.2) is 0 Å². The lowest BCUT2D eigenvalue weighted by molar-refractivity contribution is -0.128. The highest BCUT2D eigenvalue weighted by Gasteiger charge is 2.27. The monoisotopic (exact) mass is 209 g/mol. The summed E-state index contributed by atoms with van der Waals surface area (Å²) in [6.07, 6.45) is 0.0877. The Bertz CT molecular complexity index is 383. The number of amides is 1. The fourth-order valence-corrected chi connectivity index (χ4v) is 2.44. The van der Waals surface area contributed by atoms with Crippen molar-refractivity contribution in [1.82, 2.24) is 4.90 Å². The third kappa shape index (κ3) is 1.70. The van der Waals surface area contributed by atoms with Gasteiger partial charge in [0.15, 0.2) is 5.78 Å². The molecule has 0 spiro atoms. The summed E-state index contributed by atoms with van der Waals surface area (Å²) in [5.74, 6) is -0.00740. The van der Waals surface area contributed by atoms with Gasteiger partial charge in [0.05, 0.1) is 19.5 Å².